The number of hydrogen-bond acceptors (Lipinski definition) is 1. The van der Waals surface area contributed by atoms with Crippen molar-refractivity contribution in [1.82, 2.24) is 9.55 Å². The number of nitrogens with one attached hydrogen (secondary N) is 1. The van der Waals surface area contributed by atoms with Gasteiger partial charge in [-0.25, -0.2) is 0 Å². The minimum absolute atomic E-state index is 0.188. The van der Waals surface area contributed by atoms with Crippen LogP contribution in [0.15, 0.2) is 30.5 Å². The predicted octanol–water partition coefficient (Wildman–Crippen LogP) is 4.14. The van der Waals surface area contributed by atoms with Crippen LogP contribution in [0.1, 0.15) is 32.0 Å². The average molecular weight is 246 g/mol. The molecule has 17 heavy (non-hydrogen) atoms. The summed E-state index contributed by atoms with van der Waals surface area (Å²) in [6.45, 7) is 8.70. The van der Waals surface area contributed by atoms with Crippen LogP contribution in [0.25, 0.3) is 5.69 Å². The van der Waals surface area contributed by atoms with Crippen LogP contribution >= 0.6 is 12.2 Å². The first-order chi connectivity index (χ1) is 7.89. The molecule has 0 radical (unpaired) electrons. The molecule has 0 fully saturated rings. The van der Waals surface area contributed by atoms with Crippen molar-refractivity contribution < 1.29 is 0 Å². The second-order valence-corrected chi connectivity index (χ2v) is 5.75. The molecule has 1 aromatic heterocycles. The van der Waals surface area contributed by atoms with Crippen molar-refractivity contribution in [3.8, 4) is 5.69 Å². The van der Waals surface area contributed by atoms with Crippen LogP contribution in [-0.2, 0) is 5.41 Å². The van der Waals surface area contributed by atoms with Gasteiger partial charge in [-0.3, -0.25) is 4.57 Å². The summed E-state index contributed by atoms with van der Waals surface area (Å²) in [6.07, 6.45) is 1.93. The summed E-state index contributed by atoms with van der Waals surface area (Å²) in [5.74, 6) is 0. The lowest BCUT2D eigenvalue weighted by Crippen LogP contribution is -2.10. The Morgan fingerprint density at radius 1 is 1.12 bits per heavy atom. The topological polar surface area (TPSA) is 20.7 Å². The first kappa shape index (κ1) is 12.1. The zero-order valence-electron chi connectivity index (χ0n) is 10.7. The van der Waals surface area contributed by atoms with E-state index < -0.39 is 0 Å². The van der Waals surface area contributed by atoms with Crippen LogP contribution < -0.4 is 0 Å². The predicted molar refractivity (Wildman–Crippen MR) is 74.4 cm³/mol. The van der Waals surface area contributed by atoms with Crippen LogP contribution in [-0.4, -0.2) is 9.55 Å². The Labute approximate surface area is 107 Å². The Morgan fingerprint density at radius 3 is 2.12 bits per heavy atom. The quantitative estimate of drug-likeness (QED) is 0.750. The zero-order chi connectivity index (χ0) is 12.6. The monoisotopic (exact) mass is 246 g/mol. The van der Waals surface area contributed by atoms with Crippen LogP contribution in [0.2, 0.25) is 0 Å². The maximum Gasteiger partial charge on any atom is 0.182 e. The van der Waals surface area contributed by atoms with Crippen molar-refractivity contribution >= 4 is 12.2 Å². The summed E-state index contributed by atoms with van der Waals surface area (Å²) in [6, 6.07) is 8.58. The molecule has 2 aromatic rings. The van der Waals surface area contributed by atoms with E-state index in [0.717, 1.165) is 16.2 Å². The van der Waals surface area contributed by atoms with Crippen molar-refractivity contribution in [2.45, 2.75) is 33.1 Å². The van der Waals surface area contributed by atoms with Crippen LogP contribution in [0, 0.1) is 11.7 Å². The van der Waals surface area contributed by atoms with Gasteiger partial charge in [0, 0.05) is 17.6 Å². The third kappa shape index (κ3) is 2.34. The van der Waals surface area contributed by atoms with Crippen molar-refractivity contribution in [2.24, 2.45) is 0 Å². The molecule has 0 aliphatic rings. The molecule has 0 bridgehead atoms. The normalized spacial score (nSPS) is 11.8. The number of aryl methyl sites for hydroxylation is 1. The third-order valence-electron chi connectivity index (χ3n) is 2.95. The fourth-order valence-corrected chi connectivity index (χ4v) is 2.20. The first-order valence-corrected chi connectivity index (χ1v) is 6.18. The number of imidazole rings is 1. The van der Waals surface area contributed by atoms with Gasteiger partial charge in [0.1, 0.15) is 0 Å². The fourth-order valence-electron chi connectivity index (χ4n) is 1.89. The smallest absolute Gasteiger partial charge is 0.182 e. The molecule has 0 atom stereocenters. The first-order valence-electron chi connectivity index (χ1n) is 5.77. The molecule has 0 unspecified atom stereocenters. The molecule has 0 amide bonds. The molecule has 1 N–H and O–H groups in total. The number of benzene rings is 1. The molecule has 2 nitrogen and oxygen atoms in total. The molecule has 1 heterocycles. The lowest BCUT2D eigenvalue weighted by atomic mass is 9.87. The number of rotatable bonds is 1. The summed E-state index contributed by atoms with van der Waals surface area (Å²) in [5, 5.41) is 0. The number of H-pyrrole nitrogens is 1. The molecular formula is C14H18N2S. The second kappa shape index (κ2) is 4.15. The van der Waals surface area contributed by atoms with Crippen molar-refractivity contribution in [2.75, 3.05) is 0 Å². The minimum atomic E-state index is 0.188. The zero-order valence-corrected chi connectivity index (χ0v) is 11.6. The Kier molecular flexibility index (Phi) is 2.96. The van der Waals surface area contributed by atoms with E-state index in [1.807, 2.05) is 17.7 Å². The number of hydrogen-bond donors (Lipinski definition) is 1. The molecule has 1 aromatic carbocycles. The Hall–Kier alpha value is -1.35. The fraction of sp³-hybridized carbons (Fsp3) is 0.357. The SMILES string of the molecule is Cc1c[nH]c(=S)n1-c1ccc(C(C)(C)C)cc1. The standard InChI is InChI=1S/C14H18N2S/c1-10-9-15-13(17)16(10)12-7-5-11(6-8-12)14(2,3)4/h5-9H,1-4H3,(H,15,17). The second-order valence-electron chi connectivity index (χ2n) is 5.37. The largest absolute Gasteiger partial charge is 0.337 e. The summed E-state index contributed by atoms with van der Waals surface area (Å²) in [4.78, 5) is 3.06. The van der Waals surface area contributed by atoms with Gasteiger partial charge < -0.3 is 4.98 Å². The van der Waals surface area contributed by atoms with Gasteiger partial charge in [0.15, 0.2) is 4.77 Å². The molecule has 0 aliphatic heterocycles. The van der Waals surface area contributed by atoms with E-state index in [9.17, 15) is 0 Å². The van der Waals surface area contributed by atoms with E-state index >= 15 is 0 Å². The highest BCUT2D eigenvalue weighted by atomic mass is 32.1. The van der Waals surface area contributed by atoms with E-state index in [1.165, 1.54) is 5.56 Å². The van der Waals surface area contributed by atoms with Gasteiger partial charge in [-0.05, 0) is 42.3 Å². The summed E-state index contributed by atoms with van der Waals surface area (Å²) < 4.78 is 2.79. The molecule has 0 saturated heterocycles. The van der Waals surface area contributed by atoms with Gasteiger partial charge >= 0.3 is 0 Å². The maximum absolute atomic E-state index is 5.27. The summed E-state index contributed by atoms with van der Waals surface area (Å²) in [5.41, 5.74) is 3.76. The third-order valence-corrected chi connectivity index (χ3v) is 3.25. The molecule has 0 aliphatic carbocycles. The molecule has 90 valence electrons. The van der Waals surface area contributed by atoms with Crippen molar-refractivity contribution in [3.63, 3.8) is 0 Å². The van der Waals surface area contributed by atoms with Crippen molar-refractivity contribution in [1.29, 1.82) is 0 Å². The summed E-state index contributed by atoms with van der Waals surface area (Å²) in [7, 11) is 0. The molecule has 3 heteroatoms. The molecular weight excluding hydrogens is 228 g/mol. The van der Waals surface area contributed by atoms with Crippen molar-refractivity contribution in [3.05, 3.63) is 46.5 Å². The average Bonchev–Trinajstić information content (AvgIpc) is 2.58. The lowest BCUT2D eigenvalue weighted by Gasteiger charge is -2.19. The Bertz CT molecular complexity index is 568. The van der Waals surface area contributed by atoms with Gasteiger partial charge in [-0.15, -0.1) is 0 Å². The number of aromatic nitrogens is 2. The van der Waals surface area contributed by atoms with Gasteiger partial charge in [0.2, 0.25) is 0 Å². The Balaban J connectivity index is 2.47. The highest BCUT2D eigenvalue weighted by Crippen LogP contribution is 2.23. The van der Waals surface area contributed by atoms with Gasteiger partial charge in [0.25, 0.3) is 0 Å². The molecule has 0 saturated carbocycles. The van der Waals surface area contributed by atoms with E-state index in [4.69, 9.17) is 12.2 Å². The number of nitrogens with zero attached hydrogens (tertiary/aromatic N) is 1. The van der Waals surface area contributed by atoms with E-state index in [2.05, 4.69) is 50.0 Å². The lowest BCUT2D eigenvalue weighted by molar-refractivity contribution is 0.590. The minimum Gasteiger partial charge on any atom is -0.337 e. The highest BCUT2D eigenvalue weighted by molar-refractivity contribution is 7.71. The molecule has 2 rings (SSSR count). The van der Waals surface area contributed by atoms with Gasteiger partial charge in [0.05, 0.1) is 0 Å². The maximum atomic E-state index is 5.27. The van der Waals surface area contributed by atoms with Gasteiger partial charge in [-0.1, -0.05) is 32.9 Å². The van der Waals surface area contributed by atoms with E-state index in [1.54, 1.807) is 0 Å². The van der Waals surface area contributed by atoms with Crippen LogP contribution in [0.3, 0.4) is 0 Å². The molecule has 0 spiro atoms. The summed E-state index contributed by atoms with van der Waals surface area (Å²) >= 11 is 5.27. The van der Waals surface area contributed by atoms with Crippen LogP contribution in [0.4, 0.5) is 0 Å². The van der Waals surface area contributed by atoms with Gasteiger partial charge in [-0.2, -0.15) is 0 Å². The van der Waals surface area contributed by atoms with E-state index in [0.29, 0.717) is 0 Å². The Morgan fingerprint density at radius 2 is 1.71 bits per heavy atom. The highest BCUT2D eigenvalue weighted by Gasteiger charge is 2.13. The van der Waals surface area contributed by atoms with E-state index in [-0.39, 0.29) is 5.41 Å². The number of aromatic amines is 1. The van der Waals surface area contributed by atoms with Crippen LogP contribution in [0.5, 0.6) is 0 Å².